The van der Waals surface area contributed by atoms with Gasteiger partial charge in [0.25, 0.3) is 5.91 Å². The summed E-state index contributed by atoms with van der Waals surface area (Å²) in [5.74, 6) is 0.602. The Kier molecular flexibility index (Phi) is 3.57. The molecule has 0 saturated heterocycles. The predicted octanol–water partition coefficient (Wildman–Crippen LogP) is 3.57. The monoisotopic (exact) mass is 286 g/mol. The first-order valence-corrected chi connectivity index (χ1v) is 7.76. The number of hydrogen-bond acceptors (Lipinski definition) is 3. The van der Waals surface area contributed by atoms with Crippen LogP contribution in [0, 0.1) is 13.8 Å². The number of carbonyl (C=O) groups is 1. The van der Waals surface area contributed by atoms with Crippen LogP contribution in [0.4, 0.5) is 0 Å². The number of nitrogens with one attached hydrogen (secondary N) is 1. The first-order valence-electron chi connectivity index (χ1n) is 6.94. The summed E-state index contributed by atoms with van der Waals surface area (Å²) in [6.45, 7) is 4.54. The fourth-order valence-electron chi connectivity index (χ4n) is 2.10. The van der Waals surface area contributed by atoms with E-state index in [4.69, 9.17) is 0 Å². The maximum atomic E-state index is 12.2. The van der Waals surface area contributed by atoms with Gasteiger partial charge in [-0.1, -0.05) is 29.8 Å². The van der Waals surface area contributed by atoms with Crippen LogP contribution in [-0.4, -0.2) is 10.9 Å². The van der Waals surface area contributed by atoms with Crippen molar-refractivity contribution in [2.45, 2.75) is 39.2 Å². The zero-order valence-corrected chi connectivity index (χ0v) is 12.6. The molecular formula is C16H18N2OS. The van der Waals surface area contributed by atoms with Crippen LogP contribution in [0.3, 0.4) is 0 Å². The molecule has 0 radical (unpaired) electrons. The zero-order valence-electron chi connectivity index (χ0n) is 11.8. The maximum absolute atomic E-state index is 12.2. The first-order chi connectivity index (χ1) is 9.63. The fraction of sp³-hybridized carbons (Fsp3) is 0.375. The Morgan fingerprint density at radius 3 is 2.65 bits per heavy atom. The Morgan fingerprint density at radius 2 is 2.00 bits per heavy atom. The van der Waals surface area contributed by atoms with Crippen molar-refractivity contribution >= 4 is 17.2 Å². The van der Waals surface area contributed by atoms with Gasteiger partial charge in [-0.05, 0) is 32.3 Å². The minimum atomic E-state index is -0.00697. The number of benzene rings is 1. The smallest absolute Gasteiger partial charge is 0.263 e. The van der Waals surface area contributed by atoms with Gasteiger partial charge < -0.3 is 5.32 Å². The predicted molar refractivity (Wildman–Crippen MR) is 81.2 cm³/mol. The van der Waals surface area contributed by atoms with Crippen molar-refractivity contribution in [1.29, 1.82) is 0 Å². The van der Waals surface area contributed by atoms with Gasteiger partial charge in [0.05, 0.1) is 10.7 Å². The highest BCUT2D eigenvalue weighted by atomic mass is 32.1. The normalized spacial score (nSPS) is 14.3. The third-order valence-corrected chi connectivity index (χ3v) is 4.84. The summed E-state index contributed by atoms with van der Waals surface area (Å²) in [4.78, 5) is 17.5. The van der Waals surface area contributed by atoms with Crippen LogP contribution in [0.15, 0.2) is 24.3 Å². The fourth-order valence-corrected chi connectivity index (χ4v) is 3.25. The lowest BCUT2D eigenvalue weighted by Gasteiger charge is -2.04. The molecule has 1 N–H and O–H groups in total. The third-order valence-electron chi connectivity index (χ3n) is 3.52. The number of aromatic nitrogens is 1. The molecule has 2 aromatic rings. The van der Waals surface area contributed by atoms with Gasteiger partial charge in [-0.2, -0.15) is 0 Å². The van der Waals surface area contributed by atoms with Crippen LogP contribution in [0.2, 0.25) is 0 Å². The molecule has 1 heterocycles. The van der Waals surface area contributed by atoms with E-state index >= 15 is 0 Å². The topological polar surface area (TPSA) is 42.0 Å². The lowest BCUT2D eigenvalue weighted by molar-refractivity contribution is 0.0954. The molecule has 0 atom stereocenters. The molecule has 3 rings (SSSR count). The SMILES string of the molecule is Cc1ccc(CNC(=O)c2sc(C3CC3)nc2C)cc1. The van der Waals surface area contributed by atoms with Gasteiger partial charge in [-0.25, -0.2) is 4.98 Å². The molecule has 4 heteroatoms. The molecule has 0 spiro atoms. The summed E-state index contributed by atoms with van der Waals surface area (Å²) in [6.07, 6.45) is 2.44. The van der Waals surface area contributed by atoms with Crippen LogP contribution >= 0.6 is 11.3 Å². The molecule has 104 valence electrons. The lowest BCUT2D eigenvalue weighted by atomic mass is 10.1. The Morgan fingerprint density at radius 1 is 1.30 bits per heavy atom. The average Bonchev–Trinajstić information content (AvgIpc) is 3.21. The second-order valence-electron chi connectivity index (χ2n) is 5.41. The number of carbonyl (C=O) groups excluding carboxylic acids is 1. The standard InChI is InChI=1S/C16H18N2OS/c1-10-3-5-12(6-4-10)9-17-15(19)14-11(2)18-16(20-14)13-7-8-13/h3-6,13H,7-9H2,1-2H3,(H,17,19). The zero-order chi connectivity index (χ0) is 14.1. The van der Waals surface area contributed by atoms with Gasteiger partial charge in [0, 0.05) is 12.5 Å². The van der Waals surface area contributed by atoms with Crippen molar-refractivity contribution in [3.63, 3.8) is 0 Å². The number of aryl methyl sites for hydroxylation is 2. The molecule has 1 aliphatic carbocycles. The van der Waals surface area contributed by atoms with Gasteiger partial charge in [-0.15, -0.1) is 11.3 Å². The van der Waals surface area contributed by atoms with Crippen LogP contribution in [0.5, 0.6) is 0 Å². The Labute approximate surface area is 123 Å². The summed E-state index contributed by atoms with van der Waals surface area (Å²) in [6, 6.07) is 8.21. The van der Waals surface area contributed by atoms with Crippen molar-refractivity contribution in [3.05, 3.63) is 51.0 Å². The minimum Gasteiger partial charge on any atom is -0.347 e. The average molecular weight is 286 g/mol. The van der Waals surface area contributed by atoms with Crippen LogP contribution in [0.1, 0.15) is 50.3 Å². The highest BCUT2D eigenvalue weighted by molar-refractivity contribution is 7.13. The summed E-state index contributed by atoms with van der Waals surface area (Å²) >= 11 is 1.55. The molecule has 0 bridgehead atoms. The first kappa shape index (κ1) is 13.3. The molecule has 0 unspecified atom stereocenters. The Hall–Kier alpha value is -1.68. The van der Waals surface area contributed by atoms with Gasteiger partial charge in [-0.3, -0.25) is 4.79 Å². The summed E-state index contributed by atoms with van der Waals surface area (Å²) in [5, 5.41) is 4.11. The van der Waals surface area contributed by atoms with Crippen molar-refractivity contribution in [2.75, 3.05) is 0 Å². The Balaban J connectivity index is 1.65. The molecule has 1 amide bonds. The number of thiazole rings is 1. The van der Waals surface area contributed by atoms with E-state index in [1.807, 2.05) is 19.1 Å². The van der Waals surface area contributed by atoms with E-state index in [1.165, 1.54) is 18.4 Å². The minimum absolute atomic E-state index is 0.00697. The van der Waals surface area contributed by atoms with Gasteiger partial charge in [0.15, 0.2) is 0 Å². The van der Waals surface area contributed by atoms with Crippen molar-refractivity contribution in [3.8, 4) is 0 Å². The number of rotatable bonds is 4. The van der Waals surface area contributed by atoms with E-state index in [9.17, 15) is 4.79 Å². The molecule has 1 aliphatic rings. The number of hydrogen-bond donors (Lipinski definition) is 1. The largest absolute Gasteiger partial charge is 0.347 e. The lowest BCUT2D eigenvalue weighted by Crippen LogP contribution is -2.22. The molecule has 1 aromatic carbocycles. The second-order valence-corrected chi connectivity index (χ2v) is 6.44. The molecule has 1 aromatic heterocycles. The number of nitrogens with zero attached hydrogens (tertiary/aromatic N) is 1. The van der Waals surface area contributed by atoms with Crippen LogP contribution in [0.25, 0.3) is 0 Å². The summed E-state index contributed by atoms with van der Waals surface area (Å²) in [5.41, 5.74) is 3.21. The molecule has 0 aliphatic heterocycles. The highest BCUT2D eigenvalue weighted by Gasteiger charge is 2.28. The second kappa shape index (κ2) is 5.37. The summed E-state index contributed by atoms with van der Waals surface area (Å²) < 4.78 is 0. The Bertz CT molecular complexity index is 626. The molecule has 20 heavy (non-hydrogen) atoms. The molecular weight excluding hydrogens is 268 g/mol. The van der Waals surface area contributed by atoms with Crippen molar-refractivity contribution < 1.29 is 4.79 Å². The van der Waals surface area contributed by atoms with Gasteiger partial charge in [0.1, 0.15) is 4.88 Å². The quantitative estimate of drug-likeness (QED) is 0.933. The van der Waals surface area contributed by atoms with Gasteiger partial charge in [0.2, 0.25) is 0 Å². The van der Waals surface area contributed by atoms with E-state index in [-0.39, 0.29) is 5.91 Å². The van der Waals surface area contributed by atoms with E-state index < -0.39 is 0 Å². The maximum Gasteiger partial charge on any atom is 0.263 e. The number of amides is 1. The van der Waals surface area contributed by atoms with E-state index in [0.717, 1.165) is 21.1 Å². The van der Waals surface area contributed by atoms with Crippen molar-refractivity contribution in [1.82, 2.24) is 10.3 Å². The highest BCUT2D eigenvalue weighted by Crippen LogP contribution is 2.42. The van der Waals surface area contributed by atoms with Crippen molar-refractivity contribution in [2.24, 2.45) is 0 Å². The molecule has 1 fully saturated rings. The molecule has 1 saturated carbocycles. The van der Waals surface area contributed by atoms with Crippen LogP contribution in [-0.2, 0) is 6.54 Å². The van der Waals surface area contributed by atoms with E-state index in [0.29, 0.717) is 12.5 Å². The van der Waals surface area contributed by atoms with Crippen LogP contribution < -0.4 is 5.32 Å². The summed E-state index contributed by atoms with van der Waals surface area (Å²) in [7, 11) is 0. The molecule has 3 nitrogen and oxygen atoms in total. The third kappa shape index (κ3) is 2.90. The van der Waals surface area contributed by atoms with E-state index in [2.05, 4.69) is 29.4 Å². The van der Waals surface area contributed by atoms with E-state index in [1.54, 1.807) is 11.3 Å². The van der Waals surface area contributed by atoms with Gasteiger partial charge >= 0.3 is 0 Å².